The molecule has 0 fully saturated rings. The van der Waals surface area contributed by atoms with Crippen LogP contribution in [0.5, 0.6) is 0 Å². The van der Waals surface area contributed by atoms with E-state index >= 15 is 0 Å². The summed E-state index contributed by atoms with van der Waals surface area (Å²) >= 11 is 1.36. The van der Waals surface area contributed by atoms with Gasteiger partial charge in [-0.25, -0.2) is 4.98 Å². The molecule has 0 bridgehead atoms. The van der Waals surface area contributed by atoms with E-state index in [4.69, 9.17) is 9.84 Å². The maximum atomic E-state index is 12.6. The van der Waals surface area contributed by atoms with E-state index < -0.39 is 0 Å². The SMILES string of the molecule is COCc1nc(C)c(C(=O)NC(CCCO)c2ccccc2)s1. The minimum atomic E-state index is -0.130. The molecule has 1 unspecified atom stereocenters. The molecule has 2 rings (SSSR count). The van der Waals surface area contributed by atoms with Gasteiger partial charge in [-0.3, -0.25) is 4.79 Å². The molecule has 6 heteroatoms. The van der Waals surface area contributed by atoms with Crippen LogP contribution in [0, 0.1) is 6.92 Å². The Kier molecular flexibility index (Phi) is 6.70. The van der Waals surface area contributed by atoms with E-state index in [9.17, 15) is 4.79 Å². The molecule has 5 nitrogen and oxygen atoms in total. The fraction of sp³-hybridized carbons (Fsp3) is 0.412. The summed E-state index contributed by atoms with van der Waals surface area (Å²) in [5.74, 6) is -0.130. The van der Waals surface area contributed by atoms with Crippen LogP contribution >= 0.6 is 11.3 Å². The van der Waals surface area contributed by atoms with E-state index in [1.807, 2.05) is 37.3 Å². The van der Waals surface area contributed by atoms with Crippen LogP contribution in [0.4, 0.5) is 0 Å². The third-order valence-corrected chi connectivity index (χ3v) is 4.60. The Morgan fingerprint density at radius 2 is 2.13 bits per heavy atom. The van der Waals surface area contributed by atoms with Crippen LogP contribution in [0.15, 0.2) is 30.3 Å². The standard InChI is InChI=1S/C17H22N2O3S/c1-12-16(23-15(18-12)11-22-2)17(21)19-14(9-6-10-20)13-7-4-3-5-8-13/h3-5,7-8,14,20H,6,9-11H2,1-2H3,(H,19,21). The molecule has 1 aromatic carbocycles. The van der Waals surface area contributed by atoms with E-state index in [-0.39, 0.29) is 18.6 Å². The molecule has 2 aromatic rings. The van der Waals surface area contributed by atoms with Crippen molar-refractivity contribution in [1.29, 1.82) is 0 Å². The van der Waals surface area contributed by atoms with Gasteiger partial charge in [0.1, 0.15) is 9.88 Å². The molecule has 0 saturated carbocycles. The second kappa shape index (κ2) is 8.76. The number of amides is 1. The quantitative estimate of drug-likeness (QED) is 0.779. The molecule has 1 heterocycles. The van der Waals surface area contributed by atoms with Crippen molar-refractivity contribution < 1.29 is 14.6 Å². The molecule has 0 aliphatic rings. The Hall–Kier alpha value is -1.76. The van der Waals surface area contributed by atoms with Crippen molar-refractivity contribution in [2.45, 2.75) is 32.4 Å². The van der Waals surface area contributed by atoms with Crippen molar-refractivity contribution in [3.8, 4) is 0 Å². The topological polar surface area (TPSA) is 71.5 Å². The molecule has 0 radical (unpaired) electrons. The largest absolute Gasteiger partial charge is 0.396 e. The number of thiazole rings is 1. The van der Waals surface area contributed by atoms with Crippen molar-refractivity contribution >= 4 is 17.2 Å². The predicted molar refractivity (Wildman–Crippen MR) is 90.5 cm³/mol. The number of carbonyl (C=O) groups is 1. The molecule has 1 atom stereocenters. The van der Waals surface area contributed by atoms with Crippen molar-refractivity contribution in [1.82, 2.24) is 10.3 Å². The number of aliphatic hydroxyl groups excluding tert-OH is 1. The number of carbonyl (C=O) groups excluding carboxylic acids is 1. The number of nitrogens with one attached hydrogen (secondary N) is 1. The Labute approximate surface area is 140 Å². The lowest BCUT2D eigenvalue weighted by Crippen LogP contribution is -2.28. The number of benzene rings is 1. The van der Waals surface area contributed by atoms with Gasteiger partial charge in [0.25, 0.3) is 5.91 Å². The third kappa shape index (κ3) is 4.86. The van der Waals surface area contributed by atoms with Crippen LogP contribution < -0.4 is 5.32 Å². The number of methoxy groups -OCH3 is 1. The molecule has 1 aromatic heterocycles. The van der Waals surface area contributed by atoms with E-state index in [0.717, 1.165) is 10.6 Å². The monoisotopic (exact) mass is 334 g/mol. The van der Waals surface area contributed by atoms with Gasteiger partial charge in [0.2, 0.25) is 0 Å². The molecule has 0 aliphatic carbocycles. The van der Waals surface area contributed by atoms with Gasteiger partial charge in [-0.1, -0.05) is 30.3 Å². The summed E-state index contributed by atoms with van der Waals surface area (Å²) in [6.45, 7) is 2.35. The van der Waals surface area contributed by atoms with Gasteiger partial charge in [-0.2, -0.15) is 0 Å². The zero-order valence-corrected chi connectivity index (χ0v) is 14.2. The van der Waals surface area contributed by atoms with Crippen molar-refractivity contribution in [3.63, 3.8) is 0 Å². The number of aromatic nitrogens is 1. The summed E-state index contributed by atoms with van der Waals surface area (Å²) in [7, 11) is 1.61. The molecule has 2 N–H and O–H groups in total. The summed E-state index contributed by atoms with van der Waals surface area (Å²) in [6.07, 6.45) is 1.32. The zero-order valence-electron chi connectivity index (χ0n) is 13.4. The number of hydrogen-bond donors (Lipinski definition) is 2. The lowest BCUT2D eigenvalue weighted by Gasteiger charge is -2.18. The summed E-state index contributed by atoms with van der Waals surface area (Å²) in [4.78, 5) is 17.6. The van der Waals surface area contributed by atoms with Crippen LogP contribution in [0.25, 0.3) is 0 Å². The first kappa shape index (κ1) is 17.6. The normalized spacial score (nSPS) is 12.1. The minimum Gasteiger partial charge on any atom is -0.396 e. The first-order chi connectivity index (χ1) is 11.2. The Balaban J connectivity index is 2.14. The van der Waals surface area contributed by atoms with Crippen LogP contribution in [-0.4, -0.2) is 29.7 Å². The van der Waals surface area contributed by atoms with Crippen molar-refractivity contribution in [2.75, 3.05) is 13.7 Å². The van der Waals surface area contributed by atoms with Gasteiger partial charge in [0.15, 0.2) is 0 Å². The van der Waals surface area contributed by atoms with Crippen LogP contribution in [0.3, 0.4) is 0 Å². The minimum absolute atomic E-state index is 0.108. The smallest absolute Gasteiger partial charge is 0.263 e. The van der Waals surface area contributed by atoms with Crippen molar-refractivity contribution in [2.24, 2.45) is 0 Å². The van der Waals surface area contributed by atoms with Gasteiger partial charge in [0.05, 0.1) is 18.3 Å². The van der Waals surface area contributed by atoms with Gasteiger partial charge >= 0.3 is 0 Å². The maximum absolute atomic E-state index is 12.6. The molecule has 0 saturated heterocycles. The highest BCUT2D eigenvalue weighted by molar-refractivity contribution is 7.13. The fourth-order valence-electron chi connectivity index (χ4n) is 2.37. The number of aryl methyl sites for hydroxylation is 1. The lowest BCUT2D eigenvalue weighted by molar-refractivity contribution is 0.0935. The third-order valence-electron chi connectivity index (χ3n) is 3.47. The van der Waals surface area contributed by atoms with E-state index in [1.54, 1.807) is 7.11 Å². The number of hydrogen-bond acceptors (Lipinski definition) is 5. The van der Waals surface area contributed by atoms with Crippen molar-refractivity contribution in [3.05, 3.63) is 51.5 Å². The van der Waals surface area contributed by atoms with E-state index in [2.05, 4.69) is 10.3 Å². The van der Waals surface area contributed by atoms with E-state index in [1.165, 1.54) is 11.3 Å². The summed E-state index contributed by atoms with van der Waals surface area (Å²) in [6, 6.07) is 9.68. The molecular formula is C17H22N2O3S. The lowest BCUT2D eigenvalue weighted by atomic mass is 10.0. The average molecular weight is 334 g/mol. The van der Waals surface area contributed by atoms with Crippen LogP contribution in [0.2, 0.25) is 0 Å². The Bertz CT molecular complexity index is 628. The molecule has 0 spiro atoms. The predicted octanol–water partition coefficient (Wildman–Crippen LogP) is 2.84. The highest BCUT2D eigenvalue weighted by Gasteiger charge is 2.19. The Morgan fingerprint density at radius 1 is 1.39 bits per heavy atom. The number of ether oxygens (including phenoxy) is 1. The van der Waals surface area contributed by atoms with Crippen LogP contribution in [-0.2, 0) is 11.3 Å². The number of nitrogens with zero attached hydrogens (tertiary/aromatic N) is 1. The first-order valence-electron chi connectivity index (χ1n) is 7.57. The summed E-state index contributed by atoms with van der Waals surface area (Å²) in [5, 5.41) is 12.9. The second-order valence-corrected chi connectivity index (χ2v) is 6.34. The molecule has 124 valence electrons. The second-order valence-electron chi connectivity index (χ2n) is 5.26. The molecule has 1 amide bonds. The van der Waals surface area contributed by atoms with Gasteiger partial charge in [0, 0.05) is 13.7 Å². The molecular weight excluding hydrogens is 312 g/mol. The Morgan fingerprint density at radius 3 is 2.78 bits per heavy atom. The van der Waals surface area contributed by atoms with Gasteiger partial charge < -0.3 is 15.2 Å². The molecule has 23 heavy (non-hydrogen) atoms. The van der Waals surface area contributed by atoms with Gasteiger partial charge in [-0.05, 0) is 25.3 Å². The summed E-state index contributed by atoms with van der Waals surface area (Å²) < 4.78 is 5.07. The zero-order chi connectivity index (χ0) is 16.7. The van der Waals surface area contributed by atoms with Crippen LogP contribution in [0.1, 0.15) is 44.8 Å². The highest BCUT2D eigenvalue weighted by atomic mass is 32.1. The average Bonchev–Trinajstić information content (AvgIpc) is 2.93. The molecule has 0 aliphatic heterocycles. The van der Waals surface area contributed by atoms with Gasteiger partial charge in [-0.15, -0.1) is 11.3 Å². The summed E-state index contributed by atoms with van der Waals surface area (Å²) in [5.41, 5.74) is 1.75. The first-order valence-corrected chi connectivity index (χ1v) is 8.39. The van der Waals surface area contributed by atoms with E-state index in [0.29, 0.717) is 30.0 Å². The maximum Gasteiger partial charge on any atom is 0.263 e. The number of rotatable bonds is 8. The number of aliphatic hydroxyl groups is 1. The fourth-order valence-corrected chi connectivity index (χ4v) is 3.31. The highest BCUT2D eigenvalue weighted by Crippen LogP contribution is 2.22.